The summed E-state index contributed by atoms with van der Waals surface area (Å²) >= 11 is 0. The molecule has 0 spiro atoms. The highest BCUT2D eigenvalue weighted by Gasteiger charge is 2.33. The van der Waals surface area contributed by atoms with Crippen molar-refractivity contribution in [3.63, 3.8) is 0 Å². The number of benzene rings is 2. The Hall–Kier alpha value is -3.61. The zero-order valence-corrected chi connectivity index (χ0v) is 16.8. The molecule has 2 N–H and O–H groups in total. The lowest BCUT2D eigenvalue weighted by atomic mass is 9.94. The van der Waals surface area contributed by atoms with Crippen LogP contribution in [0.15, 0.2) is 72.2 Å². The lowest BCUT2D eigenvalue weighted by Gasteiger charge is -2.29. The van der Waals surface area contributed by atoms with E-state index in [-0.39, 0.29) is 11.9 Å². The monoisotopic (exact) mass is 388 g/mol. The van der Waals surface area contributed by atoms with Crippen LogP contribution in [0.25, 0.3) is 0 Å². The van der Waals surface area contributed by atoms with E-state index in [1.165, 1.54) is 6.33 Å². The first-order chi connectivity index (χ1) is 14.0. The molecule has 3 aromatic rings. The Morgan fingerprint density at radius 2 is 1.86 bits per heavy atom. The number of aromatic nitrogens is 3. The van der Waals surface area contributed by atoms with E-state index in [9.17, 15) is 4.79 Å². The van der Waals surface area contributed by atoms with Crippen LogP contribution in [0.3, 0.4) is 0 Å². The van der Waals surface area contributed by atoms with E-state index in [0.29, 0.717) is 18.1 Å². The van der Waals surface area contributed by atoms with Crippen LogP contribution in [0.2, 0.25) is 0 Å². The van der Waals surface area contributed by atoms with E-state index in [4.69, 9.17) is 0 Å². The summed E-state index contributed by atoms with van der Waals surface area (Å²) in [6, 6.07) is 17.7. The Labute approximate surface area is 170 Å². The molecule has 0 saturated heterocycles. The normalized spacial score (nSPS) is 15.5. The molecule has 4 rings (SSSR count). The van der Waals surface area contributed by atoms with Crippen LogP contribution in [0, 0.1) is 0 Å². The van der Waals surface area contributed by atoms with Crippen molar-refractivity contribution in [2.45, 2.75) is 19.5 Å². The molecule has 0 radical (unpaired) electrons. The van der Waals surface area contributed by atoms with E-state index in [1.807, 2.05) is 80.5 Å². The van der Waals surface area contributed by atoms with Gasteiger partial charge >= 0.3 is 0 Å². The second-order valence-corrected chi connectivity index (χ2v) is 7.25. The molecule has 0 fully saturated rings. The van der Waals surface area contributed by atoms with E-state index in [2.05, 4.69) is 20.7 Å². The topological polar surface area (TPSA) is 75.1 Å². The molecule has 0 bridgehead atoms. The SMILES string of the molecule is CC1=C(C(=O)NCc2ccccc2)[C@@H](c2ccc(N(C)C)cc2)n2ncnc2N1. The zero-order valence-electron chi connectivity index (χ0n) is 16.8. The molecule has 1 aliphatic rings. The molecule has 1 aliphatic heterocycles. The van der Waals surface area contributed by atoms with Crippen molar-refractivity contribution in [3.05, 3.63) is 83.3 Å². The molecule has 0 unspecified atom stereocenters. The summed E-state index contributed by atoms with van der Waals surface area (Å²) in [7, 11) is 4.00. The van der Waals surface area contributed by atoms with Gasteiger partial charge in [-0.15, -0.1) is 0 Å². The number of hydrogen-bond acceptors (Lipinski definition) is 5. The predicted octanol–water partition coefficient (Wildman–Crippen LogP) is 2.95. The van der Waals surface area contributed by atoms with Gasteiger partial charge in [0.15, 0.2) is 0 Å². The van der Waals surface area contributed by atoms with Crippen molar-refractivity contribution in [2.75, 3.05) is 24.3 Å². The standard InChI is InChI=1S/C22H24N6O/c1-15-19(21(29)23-13-16-7-5-4-6-8-16)20(28-22(26-15)24-14-25-28)17-9-11-18(12-10-17)27(2)3/h4-12,14,20H,13H2,1-3H3,(H,23,29)(H,24,25,26)/t20-/m1/s1. The Bertz CT molecular complexity index is 1040. The van der Waals surface area contributed by atoms with Crippen LogP contribution >= 0.6 is 0 Å². The van der Waals surface area contributed by atoms with Crippen LogP contribution in [-0.2, 0) is 11.3 Å². The molecule has 7 nitrogen and oxygen atoms in total. The molecule has 1 atom stereocenters. The largest absolute Gasteiger partial charge is 0.378 e. The Balaban J connectivity index is 1.67. The molecule has 1 aromatic heterocycles. The van der Waals surface area contributed by atoms with Crippen molar-refractivity contribution >= 4 is 17.5 Å². The lowest BCUT2D eigenvalue weighted by Crippen LogP contribution is -2.34. The van der Waals surface area contributed by atoms with Gasteiger partial charge in [-0.2, -0.15) is 10.1 Å². The molecule has 2 heterocycles. The Kier molecular flexibility index (Phi) is 5.03. The lowest BCUT2D eigenvalue weighted by molar-refractivity contribution is -0.118. The minimum absolute atomic E-state index is 0.123. The molecular weight excluding hydrogens is 364 g/mol. The third-order valence-corrected chi connectivity index (χ3v) is 5.06. The van der Waals surface area contributed by atoms with E-state index >= 15 is 0 Å². The fourth-order valence-corrected chi connectivity index (χ4v) is 3.52. The van der Waals surface area contributed by atoms with Crippen molar-refractivity contribution < 1.29 is 4.79 Å². The summed E-state index contributed by atoms with van der Waals surface area (Å²) < 4.78 is 1.76. The molecule has 148 valence electrons. The summed E-state index contributed by atoms with van der Waals surface area (Å²) in [4.78, 5) is 19.5. The third kappa shape index (κ3) is 3.71. The van der Waals surface area contributed by atoms with Gasteiger partial charge in [0.1, 0.15) is 12.4 Å². The second kappa shape index (κ2) is 7.79. The van der Waals surface area contributed by atoms with Crippen molar-refractivity contribution in [1.29, 1.82) is 0 Å². The first-order valence-electron chi connectivity index (χ1n) is 9.51. The van der Waals surface area contributed by atoms with Crippen LogP contribution in [0.5, 0.6) is 0 Å². The zero-order chi connectivity index (χ0) is 20.4. The van der Waals surface area contributed by atoms with Gasteiger partial charge in [-0.05, 0) is 30.2 Å². The minimum Gasteiger partial charge on any atom is -0.378 e. The quantitative estimate of drug-likeness (QED) is 0.703. The number of carbonyl (C=O) groups is 1. The highest BCUT2D eigenvalue weighted by atomic mass is 16.1. The number of hydrogen-bond donors (Lipinski definition) is 2. The smallest absolute Gasteiger partial charge is 0.251 e. The Morgan fingerprint density at radius 3 is 2.55 bits per heavy atom. The van der Waals surface area contributed by atoms with E-state index < -0.39 is 0 Å². The number of nitrogens with one attached hydrogen (secondary N) is 2. The number of carbonyl (C=O) groups excluding carboxylic acids is 1. The molecule has 1 amide bonds. The van der Waals surface area contributed by atoms with Crippen molar-refractivity contribution in [1.82, 2.24) is 20.1 Å². The van der Waals surface area contributed by atoms with Gasteiger partial charge in [-0.25, -0.2) is 4.68 Å². The predicted molar refractivity (Wildman–Crippen MR) is 114 cm³/mol. The summed E-state index contributed by atoms with van der Waals surface area (Å²) in [6.07, 6.45) is 1.50. The van der Waals surface area contributed by atoms with Gasteiger partial charge in [-0.1, -0.05) is 42.5 Å². The van der Waals surface area contributed by atoms with Gasteiger partial charge < -0.3 is 15.5 Å². The fourth-order valence-electron chi connectivity index (χ4n) is 3.52. The highest BCUT2D eigenvalue weighted by molar-refractivity contribution is 5.96. The fraction of sp³-hybridized carbons (Fsp3) is 0.227. The van der Waals surface area contributed by atoms with Gasteiger partial charge in [-0.3, -0.25) is 4.79 Å². The molecule has 7 heteroatoms. The molecule has 0 saturated carbocycles. The number of allylic oxidation sites excluding steroid dienone is 1. The number of anilines is 2. The van der Waals surface area contributed by atoms with Crippen LogP contribution < -0.4 is 15.5 Å². The maximum Gasteiger partial charge on any atom is 0.251 e. The average molecular weight is 388 g/mol. The van der Waals surface area contributed by atoms with Gasteiger partial charge in [0.2, 0.25) is 5.95 Å². The average Bonchev–Trinajstić information content (AvgIpc) is 3.20. The molecule has 2 aromatic carbocycles. The second-order valence-electron chi connectivity index (χ2n) is 7.25. The van der Waals surface area contributed by atoms with Crippen LogP contribution in [0.4, 0.5) is 11.6 Å². The van der Waals surface area contributed by atoms with Crippen LogP contribution in [0.1, 0.15) is 24.1 Å². The number of amides is 1. The van der Waals surface area contributed by atoms with Crippen molar-refractivity contribution in [3.8, 4) is 0 Å². The van der Waals surface area contributed by atoms with Crippen LogP contribution in [-0.4, -0.2) is 34.8 Å². The van der Waals surface area contributed by atoms with Gasteiger partial charge in [0.25, 0.3) is 5.91 Å². The maximum absolute atomic E-state index is 13.2. The Morgan fingerprint density at radius 1 is 1.14 bits per heavy atom. The summed E-state index contributed by atoms with van der Waals surface area (Å²) in [5.41, 5.74) is 4.54. The summed E-state index contributed by atoms with van der Waals surface area (Å²) in [5.74, 6) is 0.505. The number of fused-ring (bicyclic) bond motifs is 1. The molecule has 29 heavy (non-hydrogen) atoms. The van der Waals surface area contributed by atoms with Gasteiger partial charge in [0.05, 0.1) is 5.57 Å². The van der Waals surface area contributed by atoms with E-state index in [0.717, 1.165) is 22.5 Å². The first-order valence-corrected chi connectivity index (χ1v) is 9.51. The summed E-state index contributed by atoms with van der Waals surface area (Å²) in [5, 5.41) is 10.6. The van der Waals surface area contributed by atoms with Crippen molar-refractivity contribution in [2.24, 2.45) is 0 Å². The maximum atomic E-state index is 13.2. The number of rotatable bonds is 5. The molecule has 0 aliphatic carbocycles. The summed E-state index contributed by atoms with van der Waals surface area (Å²) in [6.45, 7) is 2.36. The number of nitrogens with zero attached hydrogens (tertiary/aromatic N) is 4. The highest BCUT2D eigenvalue weighted by Crippen LogP contribution is 2.35. The third-order valence-electron chi connectivity index (χ3n) is 5.06. The van der Waals surface area contributed by atoms with E-state index in [1.54, 1.807) is 4.68 Å². The van der Waals surface area contributed by atoms with Gasteiger partial charge in [0, 0.05) is 32.0 Å². The first kappa shape index (κ1) is 18.7. The minimum atomic E-state index is -0.347. The molecular formula is C22H24N6O.